The second kappa shape index (κ2) is 11.6. The summed E-state index contributed by atoms with van der Waals surface area (Å²) in [5.74, 6) is 2.29. The number of methoxy groups -OCH3 is 2. The Morgan fingerprint density at radius 2 is 1.67 bits per heavy atom. The topological polar surface area (TPSA) is 113 Å². The molecule has 2 aromatic carbocycles. The Morgan fingerprint density at radius 1 is 0.949 bits per heavy atom. The van der Waals surface area contributed by atoms with Crippen LogP contribution in [0.4, 0.5) is 5.82 Å². The molecular formula is C27H23ClN6O4S. The van der Waals surface area contributed by atoms with E-state index in [4.69, 9.17) is 35.8 Å². The molecule has 0 atom stereocenters. The van der Waals surface area contributed by atoms with Crippen LogP contribution in [0.3, 0.4) is 0 Å². The van der Waals surface area contributed by atoms with Crippen LogP contribution in [0.5, 0.6) is 17.4 Å². The fourth-order valence-corrected chi connectivity index (χ4v) is 4.72. The van der Waals surface area contributed by atoms with Crippen LogP contribution >= 0.6 is 23.5 Å². The number of benzene rings is 2. The average Bonchev–Trinajstić information content (AvgIpc) is 3.33. The third-order valence-electron chi connectivity index (χ3n) is 5.60. The summed E-state index contributed by atoms with van der Waals surface area (Å²) in [6, 6.07) is 18.0. The molecule has 0 saturated heterocycles. The number of nitrogens with zero attached hydrogens (tertiary/aromatic N) is 5. The highest BCUT2D eigenvalue weighted by Crippen LogP contribution is 2.39. The standard InChI is InChI=1S/C27H23ClN6O4S/c1-4-38-21-10-5-7-18(29-21)26-32-25-27(34(26)22-19(36-2)8-6-9-20(22)37-3)31-24(23(28)30-25)33-39-17-13-11-16(15-35)12-14-17/h5-15H,4H2,1-3H3,(H,31,33). The lowest BCUT2D eigenvalue weighted by Crippen LogP contribution is -2.06. The summed E-state index contributed by atoms with van der Waals surface area (Å²) in [5.41, 5.74) is 2.40. The molecule has 39 heavy (non-hydrogen) atoms. The molecule has 0 unspecified atom stereocenters. The van der Waals surface area contributed by atoms with Gasteiger partial charge in [0.05, 0.1) is 20.8 Å². The van der Waals surface area contributed by atoms with Crippen LogP contribution in [0, 0.1) is 0 Å². The van der Waals surface area contributed by atoms with Gasteiger partial charge in [0.2, 0.25) is 5.88 Å². The number of halogens is 1. The summed E-state index contributed by atoms with van der Waals surface area (Å²) in [4.78, 5) is 30.6. The molecule has 0 radical (unpaired) electrons. The van der Waals surface area contributed by atoms with E-state index in [1.54, 1.807) is 37.0 Å². The van der Waals surface area contributed by atoms with Crippen molar-refractivity contribution in [2.45, 2.75) is 11.8 Å². The van der Waals surface area contributed by atoms with Crippen LogP contribution < -0.4 is 18.9 Å². The molecule has 0 bridgehead atoms. The number of imidazole rings is 1. The van der Waals surface area contributed by atoms with Gasteiger partial charge in [-0.1, -0.05) is 35.9 Å². The van der Waals surface area contributed by atoms with Gasteiger partial charge in [-0.25, -0.2) is 19.9 Å². The number of aldehydes is 1. The zero-order valence-corrected chi connectivity index (χ0v) is 22.8. The molecule has 0 fully saturated rings. The van der Waals surface area contributed by atoms with Crippen LogP contribution in [-0.2, 0) is 0 Å². The highest BCUT2D eigenvalue weighted by atomic mass is 35.5. The van der Waals surface area contributed by atoms with E-state index in [-0.39, 0.29) is 5.15 Å². The summed E-state index contributed by atoms with van der Waals surface area (Å²) < 4.78 is 22.0. The van der Waals surface area contributed by atoms with Crippen molar-refractivity contribution in [1.29, 1.82) is 0 Å². The average molecular weight is 563 g/mol. The lowest BCUT2D eigenvalue weighted by atomic mass is 10.2. The largest absolute Gasteiger partial charge is 0.494 e. The predicted molar refractivity (Wildman–Crippen MR) is 150 cm³/mol. The van der Waals surface area contributed by atoms with E-state index in [0.29, 0.717) is 63.9 Å². The number of fused-ring (bicyclic) bond motifs is 1. The number of pyridine rings is 1. The molecular weight excluding hydrogens is 540 g/mol. The molecule has 1 N–H and O–H groups in total. The minimum Gasteiger partial charge on any atom is -0.494 e. The van der Waals surface area contributed by atoms with Gasteiger partial charge >= 0.3 is 0 Å². The summed E-state index contributed by atoms with van der Waals surface area (Å²) in [7, 11) is 3.15. The van der Waals surface area contributed by atoms with E-state index >= 15 is 0 Å². The molecule has 3 aromatic heterocycles. The molecule has 0 aliphatic rings. The third-order valence-corrected chi connectivity index (χ3v) is 6.67. The molecule has 0 aliphatic carbocycles. The second-order valence-corrected chi connectivity index (χ2v) is 9.21. The molecule has 0 amide bonds. The molecule has 5 aromatic rings. The Kier molecular flexibility index (Phi) is 7.80. The minimum atomic E-state index is 0.138. The van der Waals surface area contributed by atoms with Crippen molar-refractivity contribution in [3.05, 3.63) is 71.4 Å². The maximum atomic E-state index is 11.0. The molecule has 5 rings (SSSR count). The fraction of sp³-hybridized carbons (Fsp3) is 0.148. The first-order chi connectivity index (χ1) is 19.1. The van der Waals surface area contributed by atoms with Gasteiger partial charge in [0.25, 0.3) is 0 Å². The Labute approximate surface area is 233 Å². The first kappa shape index (κ1) is 26.3. The van der Waals surface area contributed by atoms with Crippen molar-refractivity contribution in [2.75, 3.05) is 25.5 Å². The minimum absolute atomic E-state index is 0.138. The molecule has 10 nitrogen and oxygen atoms in total. The van der Waals surface area contributed by atoms with Crippen LogP contribution in [0.1, 0.15) is 17.3 Å². The van der Waals surface area contributed by atoms with Gasteiger partial charge < -0.3 is 18.9 Å². The van der Waals surface area contributed by atoms with E-state index in [0.717, 1.165) is 11.2 Å². The Bertz CT molecular complexity index is 1620. The van der Waals surface area contributed by atoms with Crippen molar-refractivity contribution in [3.8, 4) is 34.6 Å². The van der Waals surface area contributed by atoms with Gasteiger partial charge in [-0.15, -0.1) is 0 Å². The monoisotopic (exact) mass is 562 g/mol. The molecule has 0 saturated carbocycles. The Morgan fingerprint density at radius 3 is 2.33 bits per heavy atom. The van der Waals surface area contributed by atoms with E-state index in [1.165, 1.54) is 11.9 Å². The van der Waals surface area contributed by atoms with Crippen LogP contribution in [0.25, 0.3) is 28.5 Å². The van der Waals surface area contributed by atoms with Gasteiger partial charge in [-0.05, 0) is 49.2 Å². The van der Waals surface area contributed by atoms with Crippen molar-refractivity contribution < 1.29 is 19.0 Å². The van der Waals surface area contributed by atoms with Crippen molar-refractivity contribution in [3.63, 3.8) is 0 Å². The lowest BCUT2D eigenvalue weighted by molar-refractivity contribution is 0.112. The number of hydrogen-bond acceptors (Lipinski definition) is 10. The van der Waals surface area contributed by atoms with Crippen LogP contribution in [-0.4, -0.2) is 51.6 Å². The number of anilines is 1. The number of para-hydroxylation sites is 1. The number of nitrogens with one attached hydrogen (secondary N) is 1. The molecule has 198 valence electrons. The number of ether oxygens (including phenoxy) is 3. The molecule has 12 heteroatoms. The maximum absolute atomic E-state index is 11.0. The highest BCUT2D eigenvalue weighted by Gasteiger charge is 2.25. The first-order valence-electron chi connectivity index (χ1n) is 11.8. The van der Waals surface area contributed by atoms with E-state index in [9.17, 15) is 4.79 Å². The van der Waals surface area contributed by atoms with Gasteiger partial charge in [-0.3, -0.25) is 9.36 Å². The van der Waals surface area contributed by atoms with Gasteiger partial charge in [0.15, 0.2) is 28.1 Å². The van der Waals surface area contributed by atoms with Crippen LogP contribution in [0.2, 0.25) is 5.15 Å². The number of carbonyl (C=O) groups is 1. The second-order valence-electron chi connectivity index (χ2n) is 7.98. The zero-order chi connectivity index (χ0) is 27.4. The quantitative estimate of drug-likeness (QED) is 0.163. The third kappa shape index (κ3) is 5.31. The van der Waals surface area contributed by atoms with Crippen molar-refractivity contribution in [1.82, 2.24) is 24.5 Å². The fourth-order valence-electron chi connectivity index (χ4n) is 3.86. The molecule has 3 heterocycles. The number of hydrogen-bond donors (Lipinski definition) is 1. The van der Waals surface area contributed by atoms with E-state index in [2.05, 4.69) is 14.7 Å². The number of aromatic nitrogens is 5. The number of carbonyl (C=O) groups excluding carboxylic acids is 1. The maximum Gasteiger partial charge on any atom is 0.213 e. The summed E-state index contributed by atoms with van der Waals surface area (Å²) in [6.45, 7) is 2.36. The van der Waals surface area contributed by atoms with Gasteiger partial charge in [0.1, 0.15) is 29.2 Å². The van der Waals surface area contributed by atoms with E-state index in [1.807, 2.05) is 49.4 Å². The van der Waals surface area contributed by atoms with Crippen LogP contribution in [0.15, 0.2) is 65.6 Å². The zero-order valence-electron chi connectivity index (χ0n) is 21.2. The Balaban J connectivity index is 1.69. The Hall–Kier alpha value is -4.35. The number of rotatable bonds is 10. The van der Waals surface area contributed by atoms with Crippen molar-refractivity contribution in [2.24, 2.45) is 0 Å². The van der Waals surface area contributed by atoms with E-state index < -0.39 is 0 Å². The summed E-state index contributed by atoms with van der Waals surface area (Å²) >= 11 is 7.81. The molecule has 0 spiro atoms. The SMILES string of the molecule is CCOc1cccc(-c2nc3nc(Cl)c(NSc4ccc(C=O)cc4)nc3n2-c2c(OC)cccc2OC)n1. The van der Waals surface area contributed by atoms with Gasteiger partial charge in [-0.2, -0.15) is 0 Å². The van der Waals surface area contributed by atoms with Crippen molar-refractivity contribution >= 4 is 46.9 Å². The molecule has 0 aliphatic heterocycles. The normalized spacial score (nSPS) is 10.9. The van der Waals surface area contributed by atoms with Gasteiger partial charge in [0, 0.05) is 16.5 Å². The predicted octanol–water partition coefficient (Wildman–Crippen LogP) is 5.88. The summed E-state index contributed by atoms with van der Waals surface area (Å²) in [6.07, 6.45) is 0.794. The first-order valence-corrected chi connectivity index (χ1v) is 13.0. The highest BCUT2D eigenvalue weighted by molar-refractivity contribution is 8.00. The lowest BCUT2D eigenvalue weighted by Gasteiger charge is -2.16. The smallest absolute Gasteiger partial charge is 0.213 e. The summed E-state index contributed by atoms with van der Waals surface area (Å²) in [5, 5.41) is 0.138.